The van der Waals surface area contributed by atoms with Gasteiger partial charge in [-0.05, 0) is 18.6 Å². The molecular formula is C20H23N7O2S. The summed E-state index contributed by atoms with van der Waals surface area (Å²) in [6.07, 6.45) is 4.65. The molecule has 0 radical (unpaired) electrons. The van der Waals surface area contributed by atoms with Crippen molar-refractivity contribution in [2.75, 3.05) is 36.2 Å². The van der Waals surface area contributed by atoms with Crippen molar-refractivity contribution < 1.29 is 9.29 Å². The number of morpholine rings is 1. The molecular weight excluding hydrogens is 402 g/mol. The number of fused-ring (bicyclic) bond motifs is 1. The molecule has 2 aliphatic heterocycles. The van der Waals surface area contributed by atoms with Crippen LogP contribution in [0.15, 0.2) is 24.5 Å². The minimum Gasteiger partial charge on any atom is -0.616 e. The summed E-state index contributed by atoms with van der Waals surface area (Å²) in [5, 5.41) is 22.7. The second kappa shape index (κ2) is 7.58. The van der Waals surface area contributed by atoms with Crippen LogP contribution in [0.4, 0.5) is 5.82 Å². The molecule has 2 aliphatic rings. The van der Waals surface area contributed by atoms with Gasteiger partial charge in [-0.15, -0.1) is 0 Å². The van der Waals surface area contributed by atoms with Gasteiger partial charge in [0.1, 0.15) is 17.3 Å². The van der Waals surface area contributed by atoms with E-state index in [-0.39, 0.29) is 6.04 Å². The molecule has 2 fully saturated rings. The average molecular weight is 426 g/mol. The van der Waals surface area contributed by atoms with Crippen molar-refractivity contribution in [3.63, 3.8) is 0 Å². The second-order valence-electron chi connectivity index (χ2n) is 7.91. The number of H-pyrrole nitrogens is 1. The molecule has 0 amide bonds. The first-order valence-electron chi connectivity index (χ1n) is 10.1. The highest BCUT2D eigenvalue weighted by Gasteiger charge is 2.41. The molecule has 5 heterocycles. The van der Waals surface area contributed by atoms with Gasteiger partial charge in [-0.2, -0.15) is 20.1 Å². The van der Waals surface area contributed by atoms with E-state index in [1.165, 1.54) is 0 Å². The molecule has 0 unspecified atom stereocenters. The molecule has 1 N–H and O–H groups in total. The summed E-state index contributed by atoms with van der Waals surface area (Å²) < 4.78 is 19.3. The van der Waals surface area contributed by atoms with Crippen LogP contribution in [0.3, 0.4) is 0 Å². The lowest BCUT2D eigenvalue weighted by atomic mass is 9.76. The second-order valence-corrected chi connectivity index (χ2v) is 9.61. The number of rotatable bonds is 3. The van der Waals surface area contributed by atoms with Crippen LogP contribution in [0.25, 0.3) is 16.9 Å². The van der Waals surface area contributed by atoms with E-state index >= 15 is 0 Å². The van der Waals surface area contributed by atoms with Crippen LogP contribution in [0, 0.1) is 11.3 Å². The Morgan fingerprint density at radius 3 is 2.90 bits per heavy atom. The van der Waals surface area contributed by atoms with Gasteiger partial charge in [0.15, 0.2) is 11.5 Å². The Kier molecular flexibility index (Phi) is 4.89. The number of nitrogens with zero attached hydrogens (tertiary/aromatic N) is 6. The molecule has 0 spiro atoms. The lowest BCUT2D eigenvalue weighted by Crippen LogP contribution is -2.44. The van der Waals surface area contributed by atoms with Crippen LogP contribution >= 0.6 is 0 Å². The van der Waals surface area contributed by atoms with Crippen molar-refractivity contribution in [3.05, 3.63) is 30.1 Å². The zero-order valence-electron chi connectivity index (χ0n) is 16.7. The molecule has 3 aromatic rings. The van der Waals surface area contributed by atoms with E-state index in [9.17, 15) is 9.81 Å². The Labute approximate surface area is 177 Å². The molecule has 156 valence electrons. The van der Waals surface area contributed by atoms with Crippen molar-refractivity contribution in [1.82, 2.24) is 25.0 Å². The van der Waals surface area contributed by atoms with Crippen molar-refractivity contribution in [3.8, 4) is 11.9 Å². The third kappa shape index (κ3) is 3.14. The maximum atomic E-state index is 12.0. The van der Waals surface area contributed by atoms with Gasteiger partial charge >= 0.3 is 0 Å². The van der Waals surface area contributed by atoms with Crippen molar-refractivity contribution >= 4 is 28.0 Å². The fraction of sp³-hybridized carbons (Fsp3) is 0.500. The lowest BCUT2D eigenvalue weighted by Gasteiger charge is -2.36. The standard InChI is InChI=1S/C20H23N7O2S/c1-14-12-29-7-6-26(14)18-10-16(20(13-21)3-8-30(28)9-4-20)15-11-23-27(19(15)24-18)17-2-5-22-25-17/h2,5,10-11,14H,3-4,6-9,12H2,1H3,(H,22,25)/t14-,20?,30?/m1/s1. The highest BCUT2D eigenvalue weighted by atomic mass is 32.2. The molecule has 1 atom stereocenters. The molecule has 0 bridgehead atoms. The van der Waals surface area contributed by atoms with E-state index in [0.717, 1.165) is 23.3 Å². The van der Waals surface area contributed by atoms with E-state index in [2.05, 4.69) is 33.2 Å². The Morgan fingerprint density at radius 1 is 1.37 bits per heavy atom. The molecule has 2 saturated heterocycles. The van der Waals surface area contributed by atoms with Gasteiger partial charge in [0.2, 0.25) is 0 Å². The van der Waals surface area contributed by atoms with Crippen LogP contribution < -0.4 is 4.90 Å². The number of nitrogens with one attached hydrogen (secondary N) is 1. The summed E-state index contributed by atoms with van der Waals surface area (Å²) in [6.45, 7) is 4.12. The number of aromatic nitrogens is 5. The number of pyridine rings is 1. The van der Waals surface area contributed by atoms with Gasteiger partial charge in [0, 0.05) is 37.0 Å². The van der Waals surface area contributed by atoms with Gasteiger partial charge in [0.25, 0.3) is 0 Å². The highest BCUT2D eigenvalue weighted by molar-refractivity contribution is 7.91. The summed E-state index contributed by atoms with van der Waals surface area (Å²) in [4.78, 5) is 7.17. The quantitative estimate of drug-likeness (QED) is 0.634. The zero-order chi connectivity index (χ0) is 20.7. The molecule has 0 saturated carbocycles. The van der Waals surface area contributed by atoms with Gasteiger partial charge in [-0.1, -0.05) is 11.2 Å². The number of hydrogen-bond donors (Lipinski definition) is 1. The maximum Gasteiger partial charge on any atom is 0.177 e. The normalized spacial score (nSPS) is 27.3. The molecule has 10 heteroatoms. The smallest absolute Gasteiger partial charge is 0.177 e. The first-order chi connectivity index (χ1) is 14.6. The van der Waals surface area contributed by atoms with Crippen molar-refractivity contribution in [1.29, 1.82) is 5.26 Å². The highest BCUT2D eigenvalue weighted by Crippen LogP contribution is 2.41. The van der Waals surface area contributed by atoms with E-state index in [4.69, 9.17) is 9.72 Å². The summed E-state index contributed by atoms with van der Waals surface area (Å²) in [7, 11) is 0. The number of aromatic amines is 1. The minimum atomic E-state index is -0.859. The zero-order valence-corrected chi connectivity index (χ0v) is 17.6. The van der Waals surface area contributed by atoms with E-state index in [0.29, 0.717) is 49.0 Å². The van der Waals surface area contributed by atoms with E-state index < -0.39 is 16.6 Å². The summed E-state index contributed by atoms with van der Waals surface area (Å²) in [5.74, 6) is 2.53. The van der Waals surface area contributed by atoms with Crippen LogP contribution in [0.2, 0.25) is 0 Å². The molecule has 5 rings (SSSR count). The van der Waals surface area contributed by atoms with Crippen LogP contribution in [-0.2, 0) is 21.3 Å². The molecule has 0 aromatic carbocycles. The van der Waals surface area contributed by atoms with Gasteiger partial charge < -0.3 is 14.2 Å². The number of nitriles is 1. The summed E-state index contributed by atoms with van der Waals surface area (Å²) in [5.41, 5.74) is 0.899. The average Bonchev–Trinajstić information content (AvgIpc) is 3.44. The Bertz CT molecular complexity index is 1080. The predicted molar refractivity (Wildman–Crippen MR) is 113 cm³/mol. The third-order valence-electron chi connectivity index (χ3n) is 6.14. The Balaban J connectivity index is 1.72. The molecule has 30 heavy (non-hydrogen) atoms. The van der Waals surface area contributed by atoms with Crippen molar-refractivity contribution in [2.24, 2.45) is 0 Å². The van der Waals surface area contributed by atoms with Crippen LogP contribution in [-0.4, -0.2) is 66.8 Å². The van der Waals surface area contributed by atoms with E-state index in [1.807, 2.05) is 12.1 Å². The van der Waals surface area contributed by atoms with E-state index in [1.54, 1.807) is 17.1 Å². The van der Waals surface area contributed by atoms with Crippen LogP contribution in [0.1, 0.15) is 25.3 Å². The largest absolute Gasteiger partial charge is 0.616 e. The maximum absolute atomic E-state index is 12.0. The SMILES string of the molecule is C[C@@H]1COCCN1c1cc(C2(C#N)CC[S+]([O-])CC2)c2cnn(-c3cc[nH]n3)c2n1. The Morgan fingerprint density at radius 2 is 2.20 bits per heavy atom. The fourth-order valence-corrected chi connectivity index (χ4v) is 5.74. The van der Waals surface area contributed by atoms with Crippen LogP contribution in [0.5, 0.6) is 0 Å². The third-order valence-corrected chi connectivity index (χ3v) is 7.45. The minimum absolute atomic E-state index is 0.176. The lowest BCUT2D eigenvalue weighted by molar-refractivity contribution is 0.0985. The van der Waals surface area contributed by atoms with Gasteiger partial charge in [0.05, 0.1) is 36.9 Å². The van der Waals surface area contributed by atoms with Gasteiger partial charge in [-0.25, -0.2) is 4.98 Å². The molecule has 9 nitrogen and oxygen atoms in total. The summed E-state index contributed by atoms with van der Waals surface area (Å²) >= 11 is -0.859. The number of ether oxygens (including phenoxy) is 1. The van der Waals surface area contributed by atoms with Crippen molar-refractivity contribution in [2.45, 2.75) is 31.2 Å². The number of hydrogen-bond acceptors (Lipinski definition) is 7. The molecule has 0 aliphatic carbocycles. The monoisotopic (exact) mass is 425 g/mol. The Hall–Kier alpha value is -2.61. The first kappa shape index (κ1) is 19.4. The predicted octanol–water partition coefficient (Wildman–Crippen LogP) is 1.67. The molecule has 3 aromatic heterocycles. The van der Waals surface area contributed by atoms with Gasteiger partial charge in [-0.3, -0.25) is 5.10 Å². The fourth-order valence-electron chi connectivity index (χ4n) is 4.38. The number of anilines is 1. The first-order valence-corrected chi connectivity index (χ1v) is 11.6. The summed E-state index contributed by atoms with van der Waals surface area (Å²) in [6, 6.07) is 6.62. The topological polar surface area (TPSA) is 119 Å².